The molecule has 1 aliphatic heterocycles. The summed E-state index contributed by atoms with van der Waals surface area (Å²) < 4.78 is 0. The van der Waals surface area contributed by atoms with Crippen LogP contribution >= 0.6 is 0 Å². The number of hydrogen-bond acceptors (Lipinski definition) is 2. The van der Waals surface area contributed by atoms with Crippen molar-refractivity contribution in [3.63, 3.8) is 0 Å². The molecule has 0 radical (unpaired) electrons. The number of anilines is 1. The normalized spacial score (nSPS) is 19.6. The van der Waals surface area contributed by atoms with Crippen molar-refractivity contribution in [1.29, 1.82) is 0 Å². The Morgan fingerprint density at radius 1 is 1.57 bits per heavy atom. The summed E-state index contributed by atoms with van der Waals surface area (Å²) in [5.74, 6) is -0.360. The molecule has 1 aliphatic rings. The number of rotatable bonds is 1. The van der Waals surface area contributed by atoms with E-state index >= 15 is 0 Å². The summed E-state index contributed by atoms with van der Waals surface area (Å²) in [4.78, 5) is 13.2. The first-order valence-corrected chi connectivity index (χ1v) is 4.75. The Morgan fingerprint density at radius 3 is 2.93 bits per heavy atom. The van der Waals surface area contributed by atoms with Crippen LogP contribution in [-0.4, -0.2) is 19.0 Å². The minimum Gasteiger partial charge on any atom is -0.371 e. The van der Waals surface area contributed by atoms with Crippen LogP contribution in [0.4, 0.5) is 5.69 Å². The van der Waals surface area contributed by atoms with Crippen molar-refractivity contribution in [2.75, 3.05) is 11.9 Å². The van der Waals surface area contributed by atoms with Gasteiger partial charge in [-0.3, -0.25) is 4.79 Å². The smallest absolute Gasteiger partial charge is 0.248 e. The standard InChI is InChI=1S/C11H14N2O/c1-7-5-8-3-4-9(11(12)14)6-10(8)13(7)2/h3-4,6-7H,5H2,1-2H3,(H2,12,14). The van der Waals surface area contributed by atoms with Gasteiger partial charge in [0.1, 0.15) is 0 Å². The lowest BCUT2D eigenvalue weighted by Crippen LogP contribution is -2.24. The fourth-order valence-corrected chi connectivity index (χ4v) is 1.91. The molecule has 1 atom stereocenters. The molecule has 0 spiro atoms. The van der Waals surface area contributed by atoms with E-state index < -0.39 is 0 Å². The van der Waals surface area contributed by atoms with E-state index in [0.29, 0.717) is 11.6 Å². The summed E-state index contributed by atoms with van der Waals surface area (Å²) in [7, 11) is 2.04. The summed E-state index contributed by atoms with van der Waals surface area (Å²) in [5.41, 5.74) is 8.25. The van der Waals surface area contributed by atoms with Crippen molar-refractivity contribution in [3.8, 4) is 0 Å². The van der Waals surface area contributed by atoms with Gasteiger partial charge in [0.2, 0.25) is 5.91 Å². The Kier molecular flexibility index (Phi) is 1.95. The van der Waals surface area contributed by atoms with Gasteiger partial charge in [0.25, 0.3) is 0 Å². The minimum absolute atomic E-state index is 0.360. The van der Waals surface area contributed by atoms with E-state index in [4.69, 9.17) is 5.73 Å². The molecule has 3 heteroatoms. The van der Waals surface area contributed by atoms with Gasteiger partial charge in [-0.25, -0.2) is 0 Å². The van der Waals surface area contributed by atoms with E-state index in [1.54, 1.807) is 6.07 Å². The number of primary amides is 1. The molecule has 0 aromatic heterocycles. The molecule has 2 N–H and O–H groups in total. The molecule has 3 nitrogen and oxygen atoms in total. The molecule has 0 aliphatic carbocycles. The average molecular weight is 190 g/mol. The summed E-state index contributed by atoms with van der Waals surface area (Å²) in [6.45, 7) is 2.17. The van der Waals surface area contributed by atoms with Gasteiger partial charge in [0.05, 0.1) is 0 Å². The van der Waals surface area contributed by atoms with Crippen LogP contribution in [0.5, 0.6) is 0 Å². The van der Waals surface area contributed by atoms with Crippen molar-refractivity contribution >= 4 is 11.6 Å². The van der Waals surface area contributed by atoms with Crippen LogP contribution in [-0.2, 0) is 6.42 Å². The summed E-state index contributed by atoms with van der Waals surface area (Å²) in [5, 5.41) is 0. The molecule has 1 amide bonds. The fraction of sp³-hybridized carbons (Fsp3) is 0.364. The van der Waals surface area contributed by atoms with Gasteiger partial charge in [-0.15, -0.1) is 0 Å². The largest absolute Gasteiger partial charge is 0.371 e. The SMILES string of the molecule is CC1Cc2ccc(C(N)=O)cc2N1C. The number of nitrogens with zero attached hydrogens (tertiary/aromatic N) is 1. The molecular weight excluding hydrogens is 176 g/mol. The van der Waals surface area contributed by atoms with Crippen molar-refractivity contribution < 1.29 is 4.79 Å². The number of fused-ring (bicyclic) bond motifs is 1. The Balaban J connectivity index is 2.46. The zero-order valence-electron chi connectivity index (χ0n) is 8.45. The highest BCUT2D eigenvalue weighted by Gasteiger charge is 2.23. The first-order valence-electron chi connectivity index (χ1n) is 4.75. The average Bonchev–Trinajstić information content (AvgIpc) is 2.43. The number of likely N-dealkylation sites (N-methyl/N-ethyl adjacent to an activating group) is 1. The Bertz CT molecular complexity index is 387. The van der Waals surface area contributed by atoms with Gasteiger partial charge < -0.3 is 10.6 Å². The number of benzene rings is 1. The molecule has 1 aromatic carbocycles. The molecule has 1 unspecified atom stereocenters. The Morgan fingerprint density at radius 2 is 2.29 bits per heavy atom. The lowest BCUT2D eigenvalue weighted by Gasteiger charge is -2.18. The van der Waals surface area contributed by atoms with Crippen molar-refractivity contribution in [3.05, 3.63) is 29.3 Å². The molecule has 2 rings (SSSR count). The fourth-order valence-electron chi connectivity index (χ4n) is 1.91. The van der Waals surface area contributed by atoms with Gasteiger partial charge in [-0.2, -0.15) is 0 Å². The highest BCUT2D eigenvalue weighted by atomic mass is 16.1. The summed E-state index contributed by atoms with van der Waals surface area (Å²) >= 11 is 0. The van der Waals surface area contributed by atoms with Gasteiger partial charge >= 0.3 is 0 Å². The van der Waals surface area contributed by atoms with Crippen LogP contribution < -0.4 is 10.6 Å². The van der Waals surface area contributed by atoms with Crippen LogP contribution in [0.15, 0.2) is 18.2 Å². The number of hydrogen-bond donors (Lipinski definition) is 1. The number of amides is 1. The lowest BCUT2D eigenvalue weighted by atomic mass is 10.1. The zero-order valence-corrected chi connectivity index (χ0v) is 8.45. The van der Waals surface area contributed by atoms with E-state index in [0.717, 1.165) is 12.1 Å². The molecule has 1 aromatic rings. The molecule has 0 saturated carbocycles. The van der Waals surface area contributed by atoms with E-state index in [2.05, 4.69) is 11.8 Å². The zero-order chi connectivity index (χ0) is 10.3. The lowest BCUT2D eigenvalue weighted by molar-refractivity contribution is 0.100. The third-order valence-electron chi connectivity index (χ3n) is 2.93. The summed E-state index contributed by atoms with van der Waals surface area (Å²) in [6, 6.07) is 6.18. The van der Waals surface area contributed by atoms with Gasteiger partial charge in [0, 0.05) is 24.3 Å². The van der Waals surface area contributed by atoms with Gasteiger partial charge in [0.15, 0.2) is 0 Å². The van der Waals surface area contributed by atoms with E-state index in [1.807, 2.05) is 19.2 Å². The highest BCUT2D eigenvalue weighted by Crippen LogP contribution is 2.31. The molecule has 0 fully saturated rings. The first kappa shape index (κ1) is 9.06. The van der Waals surface area contributed by atoms with E-state index in [-0.39, 0.29) is 5.91 Å². The van der Waals surface area contributed by atoms with Crippen LogP contribution in [0, 0.1) is 0 Å². The van der Waals surface area contributed by atoms with Crippen molar-refractivity contribution in [2.24, 2.45) is 5.73 Å². The van der Waals surface area contributed by atoms with Crippen LogP contribution in [0.25, 0.3) is 0 Å². The quantitative estimate of drug-likeness (QED) is 0.722. The molecular formula is C11H14N2O. The van der Waals surface area contributed by atoms with Crippen molar-refractivity contribution in [2.45, 2.75) is 19.4 Å². The van der Waals surface area contributed by atoms with E-state index in [9.17, 15) is 4.79 Å². The maximum atomic E-state index is 11.0. The van der Waals surface area contributed by atoms with E-state index in [1.165, 1.54) is 5.56 Å². The second kappa shape index (κ2) is 3.01. The first-order chi connectivity index (χ1) is 6.59. The Labute approximate surface area is 83.5 Å². The van der Waals surface area contributed by atoms with Crippen LogP contribution in [0.3, 0.4) is 0 Å². The molecule has 14 heavy (non-hydrogen) atoms. The third-order valence-corrected chi connectivity index (χ3v) is 2.93. The second-order valence-electron chi connectivity index (χ2n) is 3.87. The van der Waals surface area contributed by atoms with Gasteiger partial charge in [-0.05, 0) is 31.0 Å². The predicted octanol–water partition coefficient (Wildman–Crippen LogP) is 1.17. The topological polar surface area (TPSA) is 46.3 Å². The van der Waals surface area contributed by atoms with Crippen molar-refractivity contribution in [1.82, 2.24) is 0 Å². The third kappa shape index (κ3) is 1.25. The summed E-state index contributed by atoms with van der Waals surface area (Å²) in [6.07, 6.45) is 1.05. The number of carbonyl (C=O) groups is 1. The number of carbonyl (C=O) groups excluding carboxylic acids is 1. The maximum Gasteiger partial charge on any atom is 0.248 e. The number of nitrogens with two attached hydrogens (primary N) is 1. The molecule has 0 bridgehead atoms. The van der Waals surface area contributed by atoms with Gasteiger partial charge in [-0.1, -0.05) is 6.07 Å². The molecule has 0 saturated heterocycles. The maximum absolute atomic E-state index is 11.0. The minimum atomic E-state index is -0.360. The molecule has 1 heterocycles. The van der Waals surface area contributed by atoms with Crippen LogP contribution in [0.2, 0.25) is 0 Å². The second-order valence-corrected chi connectivity index (χ2v) is 3.87. The predicted molar refractivity (Wildman–Crippen MR) is 56.5 cm³/mol. The highest BCUT2D eigenvalue weighted by molar-refractivity contribution is 5.94. The monoisotopic (exact) mass is 190 g/mol. The van der Waals surface area contributed by atoms with Crippen LogP contribution in [0.1, 0.15) is 22.8 Å². The Hall–Kier alpha value is -1.51. The molecule has 74 valence electrons.